The van der Waals surface area contributed by atoms with Crippen molar-refractivity contribution in [1.82, 2.24) is 4.90 Å². The molecule has 1 fully saturated rings. The molecule has 1 aromatic rings. The molecular formula is C14H18FNO. The van der Waals surface area contributed by atoms with E-state index in [1.165, 1.54) is 12.1 Å². The number of carbonyl (C=O) groups is 1. The van der Waals surface area contributed by atoms with Gasteiger partial charge in [-0.05, 0) is 57.4 Å². The molecule has 3 heteroatoms. The van der Waals surface area contributed by atoms with Crippen LogP contribution >= 0.6 is 0 Å². The number of hydrogen-bond donors (Lipinski definition) is 0. The maximum Gasteiger partial charge on any atom is 0.254 e. The van der Waals surface area contributed by atoms with E-state index in [0.29, 0.717) is 5.56 Å². The summed E-state index contributed by atoms with van der Waals surface area (Å²) in [7, 11) is 0. The Morgan fingerprint density at radius 1 is 1.35 bits per heavy atom. The highest BCUT2D eigenvalue weighted by atomic mass is 19.1. The van der Waals surface area contributed by atoms with Gasteiger partial charge in [0.15, 0.2) is 0 Å². The van der Waals surface area contributed by atoms with Gasteiger partial charge in [-0.15, -0.1) is 0 Å². The van der Waals surface area contributed by atoms with Gasteiger partial charge in [0.05, 0.1) is 0 Å². The predicted molar refractivity (Wildman–Crippen MR) is 65.5 cm³/mol. The number of likely N-dealkylation sites (tertiary alicyclic amines) is 1. The molecule has 0 aromatic heterocycles. The van der Waals surface area contributed by atoms with Gasteiger partial charge in [-0.3, -0.25) is 4.79 Å². The molecule has 0 N–H and O–H groups in total. The number of carbonyl (C=O) groups excluding carboxylic acids is 1. The van der Waals surface area contributed by atoms with Crippen molar-refractivity contribution in [2.45, 2.75) is 39.2 Å². The molecule has 2 rings (SSSR count). The van der Waals surface area contributed by atoms with Gasteiger partial charge in [-0.1, -0.05) is 0 Å². The maximum atomic E-state index is 13.3. The average molecular weight is 235 g/mol. The highest BCUT2D eigenvalue weighted by Gasteiger charge is 2.35. The molecule has 1 aliphatic rings. The minimum Gasteiger partial charge on any atom is -0.334 e. The second-order valence-corrected chi connectivity index (χ2v) is 5.39. The van der Waals surface area contributed by atoms with Crippen molar-refractivity contribution in [3.05, 3.63) is 35.1 Å². The Morgan fingerprint density at radius 2 is 2.06 bits per heavy atom. The number of hydrogen-bond acceptors (Lipinski definition) is 1. The molecule has 1 aromatic carbocycles. The third-order valence-electron chi connectivity index (χ3n) is 3.44. The third kappa shape index (κ3) is 2.33. The summed E-state index contributed by atoms with van der Waals surface area (Å²) in [4.78, 5) is 14.2. The smallest absolute Gasteiger partial charge is 0.254 e. The van der Waals surface area contributed by atoms with Crippen LogP contribution in [0, 0.1) is 12.7 Å². The molecule has 1 heterocycles. The summed E-state index contributed by atoms with van der Waals surface area (Å²) < 4.78 is 13.3. The molecule has 1 aliphatic heterocycles. The standard InChI is InChI=1S/C14H18FNO/c1-10-7-11(9-12(15)8-10)13(17)16-6-4-5-14(16,2)3/h7-9H,4-6H2,1-3H3. The molecular weight excluding hydrogens is 217 g/mol. The first-order chi connectivity index (χ1) is 7.90. The van der Waals surface area contributed by atoms with Crippen LogP contribution in [-0.4, -0.2) is 22.9 Å². The van der Waals surface area contributed by atoms with E-state index >= 15 is 0 Å². The summed E-state index contributed by atoms with van der Waals surface area (Å²) in [5.74, 6) is -0.402. The largest absolute Gasteiger partial charge is 0.334 e. The zero-order chi connectivity index (χ0) is 12.6. The van der Waals surface area contributed by atoms with Gasteiger partial charge < -0.3 is 4.90 Å². The Bertz CT molecular complexity index is 433. The Morgan fingerprint density at radius 3 is 2.59 bits per heavy atom. The first-order valence-corrected chi connectivity index (χ1v) is 5.99. The Kier molecular flexibility index (Phi) is 2.94. The van der Waals surface area contributed by atoms with Crippen LogP contribution in [0.15, 0.2) is 18.2 Å². The molecule has 2 nitrogen and oxygen atoms in total. The van der Waals surface area contributed by atoms with Crippen LogP contribution in [0.1, 0.15) is 42.6 Å². The van der Waals surface area contributed by atoms with Crippen molar-refractivity contribution in [3.63, 3.8) is 0 Å². The normalized spacial score (nSPS) is 18.5. The second kappa shape index (κ2) is 4.13. The molecule has 0 atom stereocenters. The van der Waals surface area contributed by atoms with E-state index < -0.39 is 0 Å². The van der Waals surface area contributed by atoms with Crippen molar-refractivity contribution >= 4 is 5.91 Å². The van der Waals surface area contributed by atoms with Crippen molar-refractivity contribution < 1.29 is 9.18 Å². The average Bonchev–Trinajstić information content (AvgIpc) is 2.55. The molecule has 1 amide bonds. The van der Waals surface area contributed by atoms with E-state index in [0.717, 1.165) is 24.9 Å². The summed E-state index contributed by atoms with van der Waals surface area (Å²) in [6, 6.07) is 4.51. The molecule has 1 saturated heterocycles. The quantitative estimate of drug-likeness (QED) is 0.732. The van der Waals surface area contributed by atoms with Crippen LogP contribution in [0.4, 0.5) is 4.39 Å². The molecule has 0 aliphatic carbocycles. The van der Waals surface area contributed by atoms with E-state index in [1.807, 2.05) is 4.90 Å². The molecule has 0 bridgehead atoms. The topological polar surface area (TPSA) is 20.3 Å². The van der Waals surface area contributed by atoms with Gasteiger partial charge >= 0.3 is 0 Å². The van der Waals surface area contributed by atoms with Crippen LogP contribution < -0.4 is 0 Å². The molecule has 0 unspecified atom stereocenters. The molecule has 0 spiro atoms. The lowest BCUT2D eigenvalue weighted by Gasteiger charge is -2.31. The number of benzene rings is 1. The van der Waals surface area contributed by atoms with E-state index in [-0.39, 0.29) is 17.3 Å². The van der Waals surface area contributed by atoms with Crippen LogP contribution in [0.3, 0.4) is 0 Å². The number of rotatable bonds is 1. The monoisotopic (exact) mass is 235 g/mol. The number of halogens is 1. The van der Waals surface area contributed by atoms with Crippen LogP contribution in [-0.2, 0) is 0 Å². The summed E-state index contributed by atoms with van der Waals surface area (Å²) >= 11 is 0. The second-order valence-electron chi connectivity index (χ2n) is 5.39. The summed E-state index contributed by atoms with van der Waals surface area (Å²) in [5.41, 5.74) is 1.12. The number of aryl methyl sites for hydroxylation is 1. The van der Waals surface area contributed by atoms with E-state index in [1.54, 1.807) is 13.0 Å². The van der Waals surface area contributed by atoms with Crippen LogP contribution in [0.2, 0.25) is 0 Å². The minimum atomic E-state index is -0.342. The number of nitrogens with zero attached hydrogens (tertiary/aromatic N) is 1. The van der Waals surface area contributed by atoms with Crippen molar-refractivity contribution in [1.29, 1.82) is 0 Å². The molecule has 0 radical (unpaired) electrons. The first-order valence-electron chi connectivity index (χ1n) is 5.99. The highest BCUT2D eigenvalue weighted by molar-refractivity contribution is 5.95. The van der Waals surface area contributed by atoms with Gasteiger partial charge in [0.25, 0.3) is 5.91 Å². The fourth-order valence-corrected chi connectivity index (χ4v) is 2.50. The molecule has 0 saturated carbocycles. The van der Waals surface area contributed by atoms with Crippen LogP contribution in [0.25, 0.3) is 0 Å². The highest BCUT2D eigenvalue weighted by Crippen LogP contribution is 2.29. The first kappa shape index (κ1) is 12.1. The van der Waals surface area contributed by atoms with Crippen molar-refractivity contribution in [2.75, 3.05) is 6.54 Å². The van der Waals surface area contributed by atoms with Crippen LogP contribution in [0.5, 0.6) is 0 Å². The fraction of sp³-hybridized carbons (Fsp3) is 0.500. The van der Waals surface area contributed by atoms with Crippen molar-refractivity contribution in [3.8, 4) is 0 Å². The number of amides is 1. The Balaban J connectivity index is 2.31. The lowest BCUT2D eigenvalue weighted by atomic mass is 10.0. The van der Waals surface area contributed by atoms with E-state index in [4.69, 9.17) is 0 Å². The maximum absolute atomic E-state index is 13.3. The van der Waals surface area contributed by atoms with E-state index in [9.17, 15) is 9.18 Å². The Hall–Kier alpha value is -1.38. The summed E-state index contributed by atoms with van der Waals surface area (Å²) in [5, 5.41) is 0. The summed E-state index contributed by atoms with van der Waals surface area (Å²) in [6.45, 7) is 6.69. The van der Waals surface area contributed by atoms with Crippen molar-refractivity contribution in [2.24, 2.45) is 0 Å². The van der Waals surface area contributed by atoms with Gasteiger partial charge in [0, 0.05) is 17.6 Å². The van der Waals surface area contributed by atoms with E-state index in [2.05, 4.69) is 13.8 Å². The molecule has 17 heavy (non-hydrogen) atoms. The lowest BCUT2D eigenvalue weighted by molar-refractivity contribution is 0.0651. The van der Waals surface area contributed by atoms with Gasteiger partial charge in [0.2, 0.25) is 0 Å². The Labute approximate surface area is 101 Å². The third-order valence-corrected chi connectivity index (χ3v) is 3.44. The predicted octanol–water partition coefficient (Wildman–Crippen LogP) is 3.15. The summed E-state index contributed by atoms with van der Waals surface area (Å²) in [6.07, 6.45) is 2.03. The zero-order valence-corrected chi connectivity index (χ0v) is 10.6. The minimum absolute atomic E-state index is 0.0601. The molecule has 92 valence electrons. The van der Waals surface area contributed by atoms with Gasteiger partial charge in [-0.2, -0.15) is 0 Å². The van der Waals surface area contributed by atoms with Gasteiger partial charge in [0.1, 0.15) is 5.82 Å². The SMILES string of the molecule is Cc1cc(F)cc(C(=O)N2CCCC2(C)C)c1. The fourth-order valence-electron chi connectivity index (χ4n) is 2.50. The lowest BCUT2D eigenvalue weighted by Crippen LogP contribution is -2.42. The van der Waals surface area contributed by atoms with Gasteiger partial charge in [-0.25, -0.2) is 4.39 Å². The zero-order valence-electron chi connectivity index (χ0n) is 10.6.